The first kappa shape index (κ1) is 8.89. The van der Waals surface area contributed by atoms with Crippen LogP contribution in [0.5, 0.6) is 0 Å². The number of nitrogens with two attached hydrogens (primary N) is 1. The highest BCUT2D eigenvalue weighted by atomic mass is 35.5. The van der Waals surface area contributed by atoms with Gasteiger partial charge in [0.1, 0.15) is 0 Å². The standard InChI is InChI=1S/C9H9ClN2/c1-6(5-11)8-3-2-7(10)4-9(8)12/h2-4,6H,12H2,1H3. The van der Waals surface area contributed by atoms with E-state index in [1.807, 2.05) is 0 Å². The van der Waals surface area contributed by atoms with Crippen molar-refractivity contribution in [3.63, 3.8) is 0 Å². The second kappa shape index (κ2) is 3.46. The lowest BCUT2D eigenvalue weighted by Crippen LogP contribution is -1.96. The second-order valence-electron chi connectivity index (χ2n) is 2.62. The number of nitrogens with zero attached hydrogens (tertiary/aromatic N) is 1. The van der Waals surface area contributed by atoms with Crippen LogP contribution >= 0.6 is 11.6 Å². The molecule has 12 heavy (non-hydrogen) atoms. The van der Waals surface area contributed by atoms with Crippen molar-refractivity contribution in [1.29, 1.82) is 5.26 Å². The van der Waals surface area contributed by atoms with Crippen LogP contribution in [0.3, 0.4) is 0 Å². The third-order valence-electron chi connectivity index (χ3n) is 1.71. The smallest absolute Gasteiger partial charge is 0.0704 e. The molecule has 0 saturated carbocycles. The Balaban J connectivity index is 3.11. The molecule has 1 aromatic rings. The first-order valence-electron chi connectivity index (χ1n) is 3.59. The van der Waals surface area contributed by atoms with Gasteiger partial charge >= 0.3 is 0 Å². The Hall–Kier alpha value is -1.20. The highest BCUT2D eigenvalue weighted by Crippen LogP contribution is 2.24. The van der Waals surface area contributed by atoms with Crippen molar-refractivity contribution in [2.75, 3.05) is 5.73 Å². The van der Waals surface area contributed by atoms with Gasteiger partial charge in [-0.2, -0.15) is 5.26 Å². The fourth-order valence-electron chi connectivity index (χ4n) is 1.01. The van der Waals surface area contributed by atoms with Gasteiger partial charge in [0.25, 0.3) is 0 Å². The van der Waals surface area contributed by atoms with E-state index in [1.165, 1.54) is 0 Å². The molecule has 0 bridgehead atoms. The van der Waals surface area contributed by atoms with E-state index in [4.69, 9.17) is 22.6 Å². The Morgan fingerprint density at radius 1 is 1.58 bits per heavy atom. The summed E-state index contributed by atoms with van der Waals surface area (Å²) in [6, 6.07) is 7.30. The van der Waals surface area contributed by atoms with Crippen molar-refractivity contribution in [2.24, 2.45) is 0 Å². The highest BCUT2D eigenvalue weighted by Gasteiger charge is 2.07. The molecule has 0 aliphatic heterocycles. The van der Waals surface area contributed by atoms with E-state index in [2.05, 4.69) is 6.07 Å². The van der Waals surface area contributed by atoms with E-state index in [0.717, 1.165) is 5.56 Å². The third kappa shape index (κ3) is 1.69. The van der Waals surface area contributed by atoms with Gasteiger partial charge in [0.15, 0.2) is 0 Å². The predicted molar refractivity (Wildman–Crippen MR) is 49.9 cm³/mol. The van der Waals surface area contributed by atoms with Crippen LogP contribution < -0.4 is 5.73 Å². The Bertz CT molecular complexity index is 328. The molecule has 62 valence electrons. The normalized spacial score (nSPS) is 12.1. The Morgan fingerprint density at radius 2 is 2.25 bits per heavy atom. The molecule has 0 amide bonds. The maximum atomic E-state index is 8.64. The molecule has 0 saturated heterocycles. The van der Waals surface area contributed by atoms with Gasteiger partial charge in [-0.15, -0.1) is 0 Å². The minimum atomic E-state index is -0.178. The third-order valence-corrected chi connectivity index (χ3v) is 1.94. The molecule has 0 radical (unpaired) electrons. The van der Waals surface area contributed by atoms with Gasteiger partial charge in [-0.1, -0.05) is 17.7 Å². The number of benzene rings is 1. The van der Waals surface area contributed by atoms with Gasteiger partial charge in [0.2, 0.25) is 0 Å². The summed E-state index contributed by atoms with van der Waals surface area (Å²) in [6.45, 7) is 1.81. The average Bonchev–Trinajstić information content (AvgIpc) is 2.03. The first-order valence-corrected chi connectivity index (χ1v) is 3.97. The minimum Gasteiger partial charge on any atom is -0.398 e. The molecule has 2 nitrogen and oxygen atoms in total. The quantitative estimate of drug-likeness (QED) is 0.676. The summed E-state index contributed by atoms with van der Waals surface area (Å²) in [5, 5.41) is 9.24. The number of nitriles is 1. The second-order valence-corrected chi connectivity index (χ2v) is 3.06. The number of anilines is 1. The van der Waals surface area contributed by atoms with Gasteiger partial charge in [0.05, 0.1) is 12.0 Å². The number of rotatable bonds is 1. The molecular weight excluding hydrogens is 172 g/mol. The van der Waals surface area contributed by atoms with Crippen molar-refractivity contribution in [2.45, 2.75) is 12.8 Å². The first-order chi connectivity index (χ1) is 5.65. The summed E-state index contributed by atoms with van der Waals surface area (Å²) in [6.07, 6.45) is 0. The summed E-state index contributed by atoms with van der Waals surface area (Å²) in [5.41, 5.74) is 7.08. The molecule has 0 aromatic heterocycles. The van der Waals surface area contributed by atoms with Crippen LogP contribution in [-0.2, 0) is 0 Å². The summed E-state index contributed by atoms with van der Waals surface area (Å²) >= 11 is 5.70. The molecule has 1 unspecified atom stereocenters. The zero-order valence-electron chi connectivity index (χ0n) is 6.71. The maximum Gasteiger partial charge on any atom is 0.0704 e. The van der Waals surface area contributed by atoms with Crippen molar-refractivity contribution in [3.05, 3.63) is 28.8 Å². The maximum absolute atomic E-state index is 8.64. The average molecular weight is 181 g/mol. The van der Waals surface area contributed by atoms with E-state index < -0.39 is 0 Å². The molecule has 0 heterocycles. The molecule has 1 rings (SSSR count). The van der Waals surface area contributed by atoms with E-state index in [1.54, 1.807) is 25.1 Å². The highest BCUT2D eigenvalue weighted by molar-refractivity contribution is 6.30. The Labute approximate surface area is 76.6 Å². The zero-order valence-corrected chi connectivity index (χ0v) is 7.47. The van der Waals surface area contributed by atoms with Gasteiger partial charge in [0, 0.05) is 10.7 Å². The van der Waals surface area contributed by atoms with E-state index >= 15 is 0 Å². The van der Waals surface area contributed by atoms with Crippen LogP contribution in [-0.4, -0.2) is 0 Å². The molecule has 1 aromatic carbocycles. The molecule has 0 aliphatic carbocycles. The summed E-state index contributed by atoms with van der Waals surface area (Å²) < 4.78 is 0. The molecule has 0 spiro atoms. The van der Waals surface area contributed by atoms with Crippen molar-refractivity contribution < 1.29 is 0 Å². The molecule has 0 fully saturated rings. The van der Waals surface area contributed by atoms with Gasteiger partial charge in [-0.25, -0.2) is 0 Å². The summed E-state index contributed by atoms with van der Waals surface area (Å²) in [4.78, 5) is 0. The van der Waals surface area contributed by atoms with E-state index in [9.17, 15) is 0 Å². The fraction of sp³-hybridized carbons (Fsp3) is 0.222. The van der Waals surface area contributed by atoms with Crippen LogP contribution in [0.4, 0.5) is 5.69 Å². The lowest BCUT2D eigenvalue weighted by atomic mass is 10.0. The molecule has 0 aliphatic rings. The van der Waals surface area contributed by atoms with Crippen LogP contribution in [0.25, 0.3) is 0 Å². The van der Waals surface area contributed by atoms with Crippen molar-refractivity contribution >= 4 is 17.3 Å². The van der Waals surface area contributed by atoms with Crippen LogP contribution in [0.15, 0.2) is 18.2 Å². The minimum absolute atomic E-state index is 0.178. The van der Waals surface area contributed by atoms with Crippen molar-refractivity contribution in [1.82, 2.24) is 0 Å². The number of halogens is 1. The molecular formula is C9H9ClN2. The Kier molecular flexibility index (Phi) is 2.57. The van der Waals surface area contributed by atoms with Crippen LogP contribution in [0.2, 0.25) is 5.02 Å². The number of nitrogen functional groups attached to an aromatic ring is 1. The van der Waals surface area contributed by atoms with Gasteiger partial charge in [-0.3, -0.25) is 0 Å². The number of hydrogen-bond acceptors (Lipinski definition) is 2. The largest absolute Gasteiger partial charge is 0.398 e. The fourth-order valence-corrected chi connectivity index (χ4v) is 1.19. The van der Waals surface area contributed by atoms with E-state index in [-0.39, 0.29) is 5.92 Å². The lowest BCUT2D eigenvalue weighted by molar-refractivity contribution is 0.986. The van der Waals surface area contributed by atoms with Gasteiger partial charge < -0.3 is 5.73 Å². The lowest BCUT2D eigenvalue weighted by Gasteiger charge is -2.06. The SMILES string of the molecule is CC(C#N)c1ccc(Cl)cc1N. The summed E-state index contributed by atoms with van der Waals surface area (Å²) in [5.74, 6) is -0.178. The zero-order chi connectivity index (χ0) is 9.14. The monoisotopic (exact) mass is 180 g/mol. The number of hydrogen-bond donors (Lipinski definition) is 1. The van der Waals surface area contributed by atoms with Crippen LogP contribution in [0, 0.1) is 11.3 Å². The predicted octanol–water partition coefficient (Wildman–Crippen LogP) is 2.55. The molecule has 3 heteroatoms. The summed E-state index contributed by atoms with van der Waals surface area (Å²) in [7, 11) is 0. The van der Waals surface area contributed by atoms with Crippen LogP contribution in [0.1, 0.15) is 18.4 Å². The topological polar surface area (TPSA) is 49.8 Å². The van der Waals surface area contributed by atoms with Gasteiger partial charge in [-0.05, 0) is 24.6 Å². The molecule has 2 N–H and O–H groups in total. The van der Waals surface area contributed by atoms with E-state index in [0.29, 0.717) is 10.7 Å². The van der Waals surface area contributed by atoms with Crippen molar-refractivity contribution in [3.8, 4) is 6.07 Å². The Morgan fingerprint density at radius 3 is 2.75 bits per heavy atom. The molecule has 1 atom stereocenters.